The smallest absolute Gasteiger partial charge is 0.259 e. The van der Waals surface area contributed by atoms with E-state index in [1.807, 2.05) is 61.3 Å². The van der Waals surface area contributed by atoms with Crippen LogP contribution in [0.3, 0.4) is 0 Å². The van der Waals surface area contributed by atoms with Gasteiger partial charge in [-0.25, -0.2) is 0 Å². The molecule has 0 spiro atoms. The lowest BCUT2D eigenvalue weighted by molar-refractivity contribution is -0.134. The van der Waals surface area contributed by atoms with Crippen molar-refractivity contribution in [2.24, 2.45) is 5.41 Å². The van der Waals surface area contributed by atoms with Crippen LogP contribution in [-0.2, 0) is 17.8 Å². The Kier molecular flexibility index (Phi) is 8.54. The number of aryl methyl sites for hydroxylation is 2. The van der Waals surface area contributed by atoms with Crippen LogP contribution < -0.4 is 4.74 Å². The van der Waals surface area contributed by atoms with E-state index in [-0.39, 0.29) is 18.2 Å². The summed E-state index contributed by atoms with van der Waals surface area (Å²) in [4.78, 5) is 30.6. The molecule has 0 saturated carbocycles. The van der Waals surface area contributed by atoms with Crippen molar-refractivity contribution in [2.75, 3.05) is 26.7 Å². The van der Waals surface area contributed by atoms with E-state index < -0.39 is 5.41 Å². The number of halogens is 1. The number of piperidine rings is 1. The second-order valence-electron chi connectivity index (χ2n) is 9.90. The van der Waals surface area contributed by atoms with Gasteiger partial charge in [0.2, 0.25) is 5.91 Å². The number of nitrogens with zero attached hydrogens (tertiary/aromatic N) is 3. The molecule has 1 aromatic heterocycles. The number of aromatic nitrogens is 1. The number of amides is 2. The number of rotatable bonds is 9. The van der Waals surface area contributed by atoms with Crippen molar-refractivity contribution >= 4 is 23.4 Å². The molecule has 4 rings (SSSR count). The zero-order valence-electron chi connectivity index (χ0n) is 21.7. The minimum absolute atomic E-state index is 0.0169. The predicted octanol–water partition coefficient (Wildman–Crippen LogP) is 5.55. The van der Waals surface area contributed by atoms with Crippen molar-refractivity contribution in [3.8, 4) is 5.75 Å². The van der Waals surface area contributed by atoms with Gasteiger partial charge in [-0.1, -0.05) is 60.1 Å². The van der Waals surface area contributed by atoms with Gasteiger partial charge in [-0.3, -0.25) is 9.59 Å². The van der Waals surface area contributed by atoms with Gasteiger partial charge in [0.25, 0.3) is 5.91 Å². The van der Waals surface area contributed by atoms with Crippen molar-refractivity contribution in [2.45, 2.75) is 46.1 Å². The molecule has 0 unspecified atom stereocenters. The van der Waals surface area contributed by atoms with Crippen molar-refractivity contribution in [3.63, 3.8) is 0 Å². The Balaban J connectivity index is 1.55. The third kappa shape index (κ3) is 6.52. The van der Waals surface area contributed by atoms with Gasteiger partial charge in [-0.05, 0) is 49.9 Å². The molecular weight excluding hydrogens is 490 g/mol. The maximum Gasteiger partial charge on any atom is 0.259 e. The van der Waals surface area contributed by atoms with E-state index >= 15 is 0 Å². The van der Waals surface area contributed by atoms with Crippen LogP contribution in [0, 0.1) is 12.3 Å². The average molecular weight is 524 g/mol. The van der Waals surface area contributed by atoms with Crippen LogP contribution in [-0.4, -0.2) is 53.5 Å². The largest absolute Gasteiger partial charge is 0.493 e. The first-order valence-corrected chi connectivity index (χ1v) is 13.1. The highest BCUT2D eigenvalue weighted by Crippen LogP contribution is 2.36. The maximum absolute atomic E-state index is 13.6. The van der Waals surface area contributed by atoms with Crippen LogP contribution in [0.2, 0.25) is 5.02 Å². The number of likely N-dealkylation sites (tertiary alicyclic amines) is 1. The van der Waals surface area contributed by atoms with Crippen LogP contribution in [0.4, 0.5) is 0 Å². The highest BCUT2D eigenvalue weighted by atomic mass is 35.5. The van der Waals surface area contributed by atoms with E-state index in [9.17, 15) is 9.59 Å². The molecule has 0 radical (unpaired) electrons. The Labute approximate surface area is 223 Å². The lowest BCUT2D eigenvalue weighted by atomic mass is 9.77. The second-order valence-corrected chi connectivity index (χ2v) is 10.3. The van der Waals surface area contributed by atoms with E-state index in [1.165, 1.54) is 0 Å². The van der Waals surface area contributed by atoms with Gasteiger partial charge < -0.3 is 19.1 Å². The van der Waals surface area contributed by atoms with Gasteiger partial charge in [0.1, 0.15) is 17.1 Å². The summed E-state index contributed by atoms with van der Waals surface area (Å²) < 4.78 is 11.5. The Hall–Kier alpha value is -3.32. The summed E-state index contributed by atoms with van der Waals surface area (Å²) in [6, 6.07) is 17.2. The summed E-state index contributed by atoms with van der Waals surface area (Å²) in [7, 11) is 1.82. The van der Waals surface area contributed by atoms with Crippen LogP contribution >= 0.6 is 11.6 Å². The Bertz CT molecular complexity index is 1230. The predicted molar refractivity (Wildman–Crippen MR) is 143 cm³/mol. The van der Waals surface area contributed by atoms with Gasteiger partial charge in [-0.15, -0.1) is 0 Å². The summed E-state index contributed by atoms with van der Waals surface area (Å²) in [5.74, 6) is 1.08. The maximum atomic E-state index is 13.6. The Morgan fingerprint density at radius 2 is 1.97 bits per heavy atom. The molecule has 0 aliphatic carbocycles. The second kappa shape index (κ2) is 11.8. The quantitative estimate of drug-likeness (QED) is 0.367. The fourth-order valence-corrected chi connectivity index (χ4v) is 5.16. The summed E-state index contributed by atoms with van der Waals surface area (Å²) in [5.41, 5.74) is 1.71. The van der Waals surface area contributed by atoms with Crippen molar-refractivity contribution in [1.82, 2.24) is 15.0 Å². The number of carbonyl (C=O) groups is 2. The molecular formula is C29H34ClN3O4. The number of carbonyl (C=O) groups excluding carboxylic acids is 2. The van der Waals surface area contributed by atoms with E-state index in [0.717, 1.165) is 18.4 Å². The number of ether oxygens (including phenoxy) is 1. The van der Waals surface area contributed by atoms with Crippen molar-refractivity contribution in [3.05, 3.63) is 82.2 Å². The molecule has 8 heteroatoms. The minimum Gasteiger partial charge on any atom is -0.493 e. The SMILES string of the molecule is CCc1noc(C)c1C(=O)N1CCC[C@@](COc2cccc(Cl)c2)(CC(=O)N(C)Cc2ccccc2)C1. The number of hydrogen-bond acceptors (Lipinski definition) is 5. The highest BCUT2D eigenvalue weighted by molar-refractivity contribution is 6.30. The normalized spacial score (nSPS) is 17.5. The van der Waals surface area contributed by atoms with Gasteiger partial charge in [-0.2, -0.15) is 0 Å². The summed E-state index contributed by atoms with van der Waals surface area (Å²) in [6.07, 6.45) is 2.42. The first-order valence-electron chi connectivity index (χ1n) is 12.7. The first-order chi connectivity index (χ1) is 17.8. The molecule has 7 nitrogen and oxygen atoms in total. The van der Waals surface area contributed by atoms with E-state index in [1.54, 1.807) is 24.0 Å². The minimum atomic E-state index is -0.546. The van der Waals surface area contributed by atoms with E-state index in [4.69, 9.17) is 20.9 Å². The summed E-state index contributed by atoms with van der Waals surface area (Å²) in [5, 5.41) is 4.65. The lowest BCUT2D eigenvalue weighted by Crippen LogP contribution is -2.51. The number of hydrogen-bond donors (Lipinski definition) is 0. The van der Waals surface area contributed by atoms with Gasteiger partial charge >= 0.3 is 0 Å². The summed E-state index contributed by atoms with van der Waals surface area (Å²) in [6.45, 7) is 5.55. The molecule has 0 bridgehead atoms. The van der Waals surface area contributed by atoms with Crippen LogP contribution in [0.1, 0.15) is 53.6 Å². The molecule has 1 aliphatic rings. The van der Waals surface area contributed by atoms with E-state index in [0.29, 0.717) is 60.5 Å². The van der Waals surface area contributed by atoms with Gasteiger partial charge in [0.15, 0.2) is 0 Å². The molecule has 1 aliphatic heterocycles. The highest BCUT2D eigenvalue weighted by Gasteiger charge is 2.41. The zero-order chi connectivity index (χ0) is 26.4. The van der Waals surface area contributed by atoms with Gasteiger partial charge in [0.05, 0.1) is 12.3 Å². The topological polar surface area (TPSA) is 75.9 Å². The fourth-order valence-electron chi connectivity index (χ4n) is 4.98. The first kappa shape index (κ1) is 26.7. The molecule has 2 heterocycles. The molecule has 196 valence electrons. The third-order valence-corrected chi connectivity index (χ3v) is 7.22. The molecule has 1 fully saturated rings. The van der Waals surface area contributed by atoms with Crippen LogP contribution in [0.5, 0.6) is 5.75 Å². The summed E-state index contributed by atoms with van der Waals surface area (Å²) >= 11 is 6.16. The Morgan fingerprint density at radius 1 is 1.19 bits per heavy atom. The molecule has 0 N–H and O–H groups in total. The molecule has 37 heavy (non-hydrogen) atoms. The fraction of sp³-hybridized carbons (Fsp3) is 0.414. The molecule has 1 saturated heterocycles. The standard InChI is InChI=1S/C29H34ClN3O4/c1-4-25-27(21(2)37-31-25)28(35)33-15-9-14-29(19-33,20-36-24-13-8-12-23(30)16-24)17-26(34)32(3)18-22-10-6-5-7-11-22/h5-8,10-13,16H,4,9,14-15,17-20H2,1-3H3/t29-/m1/s1. The lowest BCUT2D eigenvalue weighted by Gasteiger charge is -2.43. The average Bonchev–Trinajstić information content (AvgIpc) is 3.28. The zero-order valence-corrected chi connectivity index (χ0v) is 22.5. The van der Waals surface area contributed by atoms with Crippen LogP contribution in [0.25, 0.3) is 0 Å². The molecule has 1 atom stereocenters. The third-order valence-electron chi connectivity index (χ3n) is 6.99. The van der Waals surface area contributed by atoms with Crippen molar-refractivity contribution < 1.29 is 18.8 Å². The number of benzene rings is 2. The van der Waals surface area contributed by atoms with Gasteiger partial charge in [0, 0.05) is 43.5 Å². The molecule has 2 amide bonds. The monoisotopic (exact) mass is 523 g/mol. The Morgan fingerprint density at radius 3 is 2.70 bits per heavy atom. The molecule has 3 aromatic rings. The molecule has 2 aromatic carbocycles. The van der Waals surface area contributed by atoms with Crippen molar-refractivity contribution in [1.29, 1.82) is 0 Å². The van der Waals surface area contributed by atoms with E-state index in [2.05, 4.69) is 5.16 Å². The van der Waals surface area contributed by atoms with Crippen LogP contribution in [0.15, 0.2) is 59.1 Å².